The number of fused-ring (bicyclic) bond motifs is 4. The normalized spacial score (nSPS) is 25.0. The smallest absolute Gasteiger partial charge is 0.305 e. The molecule has 3 saturated heterocycles. The molecule has 16 amide bonds. The van der Waals surface area contributed by atoms with Gasteiger partial charge in [-0.25, -0.2) is 0 Å². The van der Waals surface area contributed by atoms with Crippen molar-refractivity contribution in [3.63, 3.8) is 0 Å². The van der Waals surface area contributed by atoms with Gasteiger partial charge in [-0.3, -0.25) is 91.1 Å². The van der Waals surface area contributed by atoms with Crippen molar-refractivity contribution in [3.8, 4) is 5.75 Å². The number of rotatable bonds is 26. The summed E-state index contributed by atoms with van der Waals surface area (Å²) in [6.45, 7) is 6.13. The summed E-state index contributed by atoms with van der Waals surface area (Å²) in [4.78, 5) is 284. The molecule has 5 aromatic rings. The second-order valence-corrected chi connectivity index (χ2v) is 35.1. The Balaban J connectivity index is 1.20. The Morgan fingerprint density at radius 1 is 0.519 bits per heavy atom. The number of primary amides is 1. The number of aromatic nitrogens is 2. The Kier molecular flexibility index (Phi) is 39.4. The van der Waals surface area contributed by atoms with E-state index in [4.69, 9.17) is 11.5 Å². The van der Waals surface area contributed by atoms with Crippen LogP contribution in [0, 0.1) is 5.92 Å². The van der Waals surface area contributed by atoms with E-state index >= 15 is 33.6 Å². The Morgan fingerprint density at radius 2 is 1.01 bits per heavy atom. The minimum atomic E-state index is -1.92. The van der Waals surface area contributed by atoms with Crippen molar-refractivity contribution < 1.29 is 117 Å². The lowest BCUT2D eigenvalue weighted by Crippen LogP contribution is -2.61. The molecule has 0 radical (unpaired) electrons. The number of unbranched alkanes of at least 4 members (excludes halogenated alkanes) is 2. The summed E-state index contributed by atoms with van der Waals surface area (Å²) in [5.74, 6) is -22.4. The molecule has 5 heterocycles. The molecule has 15 atom stereocenters. The number of carboxylic acid groups (broad SMARTS) is 3. The number of carbonyl (C=O) groups is 19. The van der Waals surface area contributed by atoms with Crippen LogP contribution in [0.5, 0.6) is 5.75 Å². The number of para-hydroxylation sites is 2. The van der Waals surface area contributed by atoms with Crippen molar-refractivity contribution in [2.24, 2.45) is 17.4 Å². The molecule has 0 bridgehead atoms. The molecule has 0 spiro atoms. The highest BCUT2D eigenvalue weighted by Gasteiger charge is 2.47. The number of thioether (sulfide) groups is 1. The number of aromatic hydroxyl groups is 1. The quantitative estimate of drug-likeness (QED) is 0.0289. The molecule has 43 nitrogen and oxygen atoms in total. The fraction of sp³-hybridized carbons (Fsp3) is 0.539. The largest absolute Gasteiger partial charge is 0.508 e. The zero-order chi connectivity index (χ0) is 97.8. The van der Waals surface area contributed by atoms with Gasteiger partial charge >= 0.3 is 17.9 Å². The molecular weight excluding hydrogens is 1750 g/mol. The molecule has 133 heavy (non-hydrogen) atoms. The van der Waals surface area contributed by atoms with E-state index in [-0.39, 0.29) is 76.5 Å². The van der Waals surface area contributed by atoms with Gasteiger partial charge in [-0.2, -0.15) is 0 Å². The Hall–Kier alpha value is -13.3. The molecule has 0 aliphatic carbocycles. The second-order valence-electron chi connectivity index (χ2n) is 34.1. The lowest BCUT2D eigenvalue weighted by molar-refractivity contribution is -0.149. The summed E-state index contributed by atoms with van der Waals surface area (Å²) in [6, 6.07) is -3.71. The van der Waals surface area contributed by atoms with E-state index in [9.17, 15) is 83.1 Å². The zero-order valence-corrected chi connectivity index (χ0v) is 76.4. The van der Waals surface area contributed by atoms with Crippen LogP contribution in [0.15, 0.2) is 85.2 Å². The molecule has 724 valence electrons. The van der Waals surface area contributed by atoms with Crippen LogP contribution in [0.25, 0.3) is 21.8 Å². The van der Waals surface area contributed by atoms with E-state index < -0.39 is 279 Å². The van der Waals surface area contributed by atoms with Gasteiger partial charge in [-0.05, 0) is 98.7 Å². The van der Waals surface area contributed by atoms with Crippen LogP contribution in [-0.2, 0) is 110 Å². The van der Waals surface area contributed by atoms with E-state index in [1.165, 1.54) is 45.3 Å². The highest BCUT2D eigenvalue weighted by Crippen LogP contribution is 2.28. The van der Waals surface area contributed by atoms with Gasteiger partial charge in [0.05, 0.1) is 24.8 Å². The van der Waals surface area contributed by atoms with Gasteiger partial charge < -0.3 is 125 Å². The number of hydrogen-bond acceptors (Lipinski definition) is 23. The number of aliphatic carboxylic acids is 3. The minimum Gasteiger partial charge on any atom is -0.508 e. The standard InChI is InChI=1S/C89H123N19O24S/c1-9-11-22-67-82(125)97-59(30-32-74(115)116)79(122)103-66(77(120)94-43-71(91)111)45-133-46-72(112)95-62(35-49-25-27-52(109)28-26-49)85(128)104(6)48(5)76(119)99-64(39-75(117)118)87(130)107-33-17-24-68(107)83(126)102-65(40-90)81(124)100-61(34-47(3)4)88(131)108-44-53(110)38-70(108)84(127)98-60(36-50-41-92-56-20-15-13-18-54(50)56)80(123)96-58(29-31-73(113)114)78(121)101-63(37-51-42-93-57-21-16-14-19-55(51)57)86(129)106(8)69(23-12-10-2)89(132)105(67)7/h13-16,18-21,25-28,41-42,47-48,53,58-70,92-93,109-110H,9-12,17,22-24,29-40,43-46,90H2,1-8H3,(H2,91,111)(H,94,120)(H,95,112)(H,96,123)(H,97,125)(H,98,127)(H,99,119)(H,100,124)(H,101,121)(H,102,126)(H,103,122)(H,113,114)(H,115,116)(H,117,118)/t48-,53+,58-,59-,60-,61-,62-,63-,64-,65-,66-,67-,68-,69-,70-/m0/s1. The van der Waals surface area contributed by atoms with Crippen molar-refractivity contribution in [1.82, 2.24) is 87.6 Å². The van der Waals surface area contributed by atoms with E-state index in [2.05, 4.69) is 63.1 Å². The molecular formula is C89H123N19O24S. The van der Waals surface area contributed by atoms with Crippen molar-refractivity contribution >= 4 is 146 Å². The van der Waals surface area contributed by atoms with Crippen LogP contribution in [0.1, 0.15) is 148 Å². The third-order valence-corrected chi connectivity index (χ3v) is 24.7. The van der Waals surface area contributed by atoms with Crippen LogP contribution in [0.3, 0.4) is 0 Å². The SMILES string of the molecule is CCCC[C@H]1C(=O)N(C)[C@@H](CCCC)C(=O)N[C@@H](CCC(=O)O)C(=O)N[C@H](C(=O)NCC(N)=O)CSCC(=O)N[C@@H](Cc2ccc(O)cc2)C(=O)N(C)[C@@H](C)C(=O)N[C@@H](CC(=O)O)C(=O)N2CCC[C@H]2C(=O)N[C@@H](CN)C(=O)N[C@@H](CC(C)C)C(=O)N2C[C@H](O)C[C@H]2C(=O)N[C@@H](Cc2c[nH]c3ccccc23)C(=O)N[C@@H](CCC(=O)O)C(=O)N[C@@H](Cc2c[nH]c3ccccc23)C(=O)N1C. The molecule has 3 aliphatic heterocycles. The molecule has 3 fully saturated rings. The molecule has 8 rings (SSSR count). The number of aromatic amines is 2. The summed E-state index contributed by atoms with van der Waals surface area (Å²) >= 11 is 0.688. The maximum atomic E-state index is 15.8. The average molecular weight is 1880 g/mol. The van der Waals surface area contributed by atoms with Crippen LogP contribution in [0.2, 0.25) is 0 Å². The van der Waals surface area contributed by atoms with Gasteiger partial charge in [-0.1, -0.05) is 102 Å². The first-order valence-corrected chi connectivity index (χ1v) is 45.5. The zero-order valence-electron chi connectivity index (χ0n) is 75.6. The third kappa shape index (κ3) is 29.6. The van der Waals surface area contributed by atoms with Crippen LogP contribution < -0.4 is 64.6 Å². The van der Waals surface area contributed by atoms with Gasteiger partial charge in [0.25, 0.3) is 0 Å². The lowest BCUT2D eigenvalue weighted by atomic mass is 9.99. The predicted molar refractivity (Wildman–Crippen MR) is 482 cm³/mol. The van der Waals surface area contributed by atoms with Crippen LogP contribution in [-0.4, -0.2) is 322 Å². The summed E-state index contributed by atoms with van der Waals surface area (Å²) in [6.07, 6.45) is -2.41. The van der Waals surface area contributed by atoms with E-state index in [1.54, 1.807) is 88.6 Å². The van der Waals surface area contributed by atoms with Crippen LogP contribution >= 0.6 is 11.8 Å². The highest BCUT2D eigenvalue weighted by atomic mass is 32.2. The van der Waals surface area contributed by atoms with Gasteiger partial charge in [0, 0.05) is 119 Å². The number of likely N-dealkylation sites (N-methyl/N-ethyl adjacent to an activating group) is 3. The Bertz CT molecular complexity index is 5050. The number of phenols is 1. The molecule has 21 N–H and O–H groups in total. The summed E-state index contributed by atoms with van der Waals surface area (Å²) in [5, 5.41) is 78.7. The first kappa shape index (κ1) is 105. The van der Waals surface area contributed by atoms with E-state index in [0.717, 1.165) is 31.5 Å². The fourth-order valence-electron chi connectivity index (χ4n) is 16.2. The minimum absolute atomic E-state index is 0.0678. The van der Waals surface area contributed by atoms with Crippen molar-refractivity contribution in [1.29, 1.82) is 0 Å². The molecule has 0 unspecified atom stereocenters. The number of nitrogens with one attached hydrogen (secondary N) is 12. The number of carbonyl (C=O) groups excluding carboxylic acids is 16. The van der Waals surface area contributed by atoms with Gasteiger partial charge in [0.15, 0.2) is 0 Å². The van der Waals surface area contributed by atoms with Crippen molar-refractivity contribution in [2.75, 3.05) is 58.8 Å². The number of nitrogens with two attached hydrogens (primary N) is 2. The maximum absolute atomic E-state index is 15.8. The van der Waals surface area contributed by atoms with Gasteiger partial charge in [-0.15, -0.1) is 11.8 Å². The third-order valence-electron chi connectivity index (χ3n) is 23.7. The first-order valence-electron chi connectivity index (χ1n) is 44.3. The number of H-pyrrole nitrogens is 2. The maximum Gasteiger partial charge on any atom is 0.305 e. The average Bonchev–Trinajstić information content (AvgIpc) is 1.72. The first-order chi connectivity index (χ1) is 63.1. The number of hydrogen-bond donors (Lipinski definition) is 19. The number of nitrogens with zero attached hydrogens (tertiary/aromatic N) is 5. The van der Waals surface area contributed by atoms with E-state index in [1.807, 2.05) is 0 Å². The molecule has 0 saturated carbocycles. The number of benzene rings is 3. The number of amides is 16. The summed E-state index contributed by atoms with van der Waals surface area (Å²) in [7, 11) is 3.72. The number of phenolic OH excluding ortho intramolecular Hbond substituents is 1. The van der Waals surface area contributed by atoms with Gasteiger partial charge in [0.1, 0.15) is 90.3 Å². The topological polar surface area (TPSA) is 646 Å². The Morgan fingerprint density at radius 3 is 1.58 bits per heavy atom. The van der Waals surface area contributed by atoms with Crippen molar-refractivity contribution in [2.45, 2.75) is 241 Å². The lowest BCUT2D eigenvalue weighted by Gasteiger charge is -2.36. The van der Waals surface area contributed by atoms with Crippen LogP contribution in [0.4, 0.5) is 0 Å². The molecule has 44 heteroatoms. The Labute approximate surface area is 771 Å². The summed E-state index contributed by atoms with van der Waals surface area (Å²) < 4.78 is 0. The number of carboxylic acids is 3. The molecule has 3 aliphatic rings. The van der Waals surface area contributed by atoms with Crippen molar-refractivity contribution in [3.05, 3.63) is 102 Å². The molecule has 2 aromatic heterocycles. The van der Waals surface area contributed by atoms with Gasteiger partial charge in [0.2, 0.25) is 94.5 Å². The fourth-order valence-corrected chi connectivity index (χ4v) is 17.1. The predicted octanol–water partition coefficient (Wildman–Crippen LogP) is -1.86. The number of aliphatic hydroxyl groups is 1. The molecule has 3 aromatic carbocycles. The van der Waals surface area contributed by atoms with E-state index in [0.29, 0.717) is 63.1 Å². The second kappa shape index (κ2) is 49.8. The monoisotopic (exact) mass is 1870 g/mol. The highest BCUT2D eigenvalue weighted by molar-refractivity contribution is 8.00. The summed E-state index contributed by atoms with van der Waals surface area (Å²) in [5.41, 5.74) is 14.0. The number of aliphatic hydroxyl groups excluding tert-OH is 1.